The van der Waals surface area contributed by atoms with E-state index in [1.54, 1.807) is 32.0 Å². The van der Waals surface area contributed by atoms with E-state index in [4.69, 9.17) is 5.14 Å². The van der Waals surface area contributed by atoms with E-state index in [1.807, 2.05) is 0 Å². The molecule has 16 heavy (non-hydrogen) atoms. The number of hydrogen-bond acceptors (Lipinski definition) is 2. The lowest BCUT2D eigenvalue weighted by Gasteiger charge is -2.23. The van der Waals surface area contributed by atoms with Crippen molar-refractivity contribution < 1.29 is 12.8 Å². The van der Waals surface area contributed by atoms with Crippen molar-refractivity contribution in [2.75, 3.05) is 5.75 Å². The maximum absolute atomic E-state index is 13.4. The molecule has 5 heteroatoms. The summed E-state index contributed by atoms with van der Waals surface area (Å²) in [6, 6.07) is 6.35. The minimum atomic E-state index is -3.54. The van der Waals surface area contributed by atoms with Crippen LogP contribution in [0.2, 0.25) is 0 Å². The second-order valence-electron chi connectivity index (χ2n) is 4.74. The zero-order valence-corrected chi connectivity index (χ0v) is 10.2. The van der Waals surface area contributed by atoms with Crippen molar-refractivity contribution in [1.82, 2.24) is 0 Å². The second-order valence-corrected chi connectivity index (χ2v) is 6.35. The zero-order chi connectivity index (χ0) is 12.4. The van der Waals surface area contributed by atoms with Gasteiger partial charge in [0.15, 0.2) is 0 Å². The van der Waals surface area contributed by atoms with E-state index < -0.39 is 15.4 Å². The molecule has 90 valence electrons. The molecule has 1 aromatic rings. The second kappa shape index (κ2) is 4.51. The summed E-state index contributed by atoms with van der Waals surface area (Å²) in [5, 5.41) is 4.99. The SMILES string of the molecule is CC(C)(Cc1ccccc1F)CS(N)(=O)=O. The van der Waals surface area contributed by atoms with Crippen molar-refractivity contribution >= 4 is 10.0 Å². The molecule has 0 unspecified atom stereocenters. The molecule has 1 rings (SSSR count). The molecule has 0 saturated carbocycles. The Hall–Kier alpha value is -0.940. The van der Waals surface area contributed by atoms with Crippen molar-refractivity contribution in [2.24, 2.45) is 10.6 Å². The first-order valence-corrected chi connectivity index (χ1v) is 6.65. The van der Waals surface area contributed by atoms with Gasteiger partial charge in [-0.3, -0.25) is 0 Å². The average Bonchev–Trinajstić information content (AvgIpc) is 2.04. The fourth-order valence-electron chi connectivity index (χ4n) is 1.75. The summed E-state index contributed by atoms with van der Waals surface area (Å²) in [7, 11) is -3.54. The van der Waals surface area contributed by atoms with Gasteiger partial charge < -0.3 is 0 Å². The lowest BCUT2D eigenvalue weighted by molar-refractivity contribution is 0.401. The van der Waals surface area contributed by atoms with E-state index >= 15 is 0 Å². The summed E-state index contributed by atoms with van der Waals surface area (Å²) >= 11 is 0. The molecular weight excluding hydrogens is 229 g/mol. The maximum Gasteiger partial charge on any atom is 0.209 e. The van der Waals surface area contributed by atoms with Crippen molar-refractivity contribution in [3.8, 4) is 0 Å². The van der Waals surface area contributed by atoms with Gasteiger partial charge in [0.1, 0.15) is 5.82 Å². The fraction of sp³-hybridized carbons (Fsp3) is 0.455. The Kier molecular flexibility index (Phi) is 3.70. The predicted octanol–water partition coefficient (Wildman–Crippen LogP) is 1.68. The van der Waals surface area contributed by atoms with Gasteiger partial charge in [0, 0.05) is 0 Å². The number of sulfonamides is 1. The maximum atomic E-state index is 13.4. The fourth-order valence-corrected chi connectivity index (χ4v) is 2.94. The Labute approximate surface area is 95.5 Å². The molecule has 0 radical (unpaired) electrons. The van der Waals surface area contributed by atoms with Crippen LogP contribution in [0.25, 0.3) is 0 Å². The minimum absolute atomic E-state index is 0.158. The van der Waals surface area contributed by atoms with Gasteiger partial charge in [-0.1, -0.05) is 32.0 Å². The molecular formula is C11H16FNO2S. The van der Waals surface area contributed by atoms with Gasteiger partial charge in [-0.25, -0.2) is 17.9 Å². The van der Waals surface area contributed by atoms with Gasteiger partial charge >= 0.3 is 0 Å². The van der Waals surface area contributed by atoms with Crippen molar-refractivity contribution in [3.63, 3.8) is 0 Å². The highest BCUT2D eigenvalue weighted by molar-refractivity contribution is 7.89. The number of hydrogen-bond donors (Lipinski definition) is 1. The highest BCUT2D eigenvalue weighted by Crippen LogP contribution is 2.24. The number of primary sulfonamides is 1. The highest BCUT2D eigenvalue weighted by Gasteiger charge is 2.25. The standard InChI is InChI=1S/C11H16FNO2S/c1-11(2,8-16(13,14)15)7-9-5-3-4-6-10(9)12/h3-6H,7-8H2,1-2H3,(H2,13,14,15). The third-order valence-corrected chi connectivity index (χ3v) is 3.40. The number of rotatable bonds is 4. The first kappa shape index (κ1) is 13.1. The van der Waals surface area contributed by atoms with Crippen LogP contribution < -0.4 is 5.14 Å². The van der Waals surface area contributed by atoms with Crippen LogP contribution in [-0.4, -0.2) is 14.2 Å². The van der Waals surface area contributed by atoms with E-state index in [2.05, 4.69) is 0 Å². The summed E-state index contributed by atoms with van der Waals surface area (Å²) in [4.78, 5) is 0. The molecule has 0 spiro atoms. The third-order valence-electron chi connectivity index (χ3n) is 2.22. The van der Waals surface area contributed by atoms with E-state index in [0.717, 1.165) is 0 Å². The van der Waals surface area contributed by atoms with Gasteiger partial charge in [0.2, 0.25) is 10.0 Å². The van der Waals surface area contributed by atoms with Crippen LogP contribution in [-0.2, 0) is 16.4 Å². The molecule has 2 N–H and O–H groups in total. The smallest absolute Gasteiger partial charge is 0.209 e. The summed E-state index contributed by atoms with van der Waals surface area (Å²) in [5.74, 6) is -0.473. The third kappa shape index (κ3) is 4.28. The predicted molar refractivity (Wildman–Crippen MR) is 61.9 cm³/mol. The molecule has 0 amide bonds. The monoisotopic (exact) mass is 245 g/mol. The van der Waals surface area contributed by atoms with E-state index in [-0.39, 0.29) is 11.6 Å². The topological polar surface area (TPSA) is 60.2 Å². The molecule has 0 bridgehead atoms. The summed E-state index contributed by atoms with van der Waals surface area (Å²) < 4.78 is 35.4. The van der Waals surface area contributed by atoms with Crippen molar-refractivity contribution in [3.05, 3.63) is 35.6 Å². The molecule has 0 aliphatic carbocycles. The molecule has 0 atom stereocenters. The minimum Gasteiger partial charge on any atom is -0.229 e. The van der Waals surface area contributed by atoms with E-state index in [0.29, 0.717) is 12.0 Å². The van der Waals surface area contributed by atoms with Crippen LogP contribution >= 0.6 is 0 Å². The van der Waals surface area contributed by atoms with Gasteiger partial charge in [0.05, 0.1) is 5.75 Å². The Morgan fingerprint density at radius 3 is 2.38 bits per heavy atom. The molecule has 0 aromatic heterocycles. The largest absolute Gasteiger partial charge is 0.229 e. The van der Waals surface area contributed by atoms with E-state index in [9.17, 15) is 12.8 Å². The van der Waals surface area contributed by atoms with E-state index in [1.165, 1.54) is 6.07 Å². The Balaban J connectivity index is 2.85. The lowest BCUT2D eigenvalue weighted by atomic mass is 9.88. The van der Waals surface area contributed by atoms with Gasteiger partial charge in [-0.2, -0.15) is 0 Å². The van der Waals surface area contributed by atoms with Crippen molar-refractivity contribution in [2.45, 2.75) is 20.3 Å². The summed E-state index contributed by atoms with van der Waals surface area (Å²) in [6.07, 6.45) is 0.343. The van der Waals surface area contributed by atoms with Crippen LogP contribution in [0.4, 0.5) is 4.39 Å². The van der Waals surface area contributed by atoms with Crippen LogP contribution in [0.15, 0.2) is 24.3 Å². The Bertz CT molecular complexity index is 469. The normalized spacial score (nSPS) is 12.8. The lowest BCUT2D eigenvalue weighted by Crippen LogP contribution is -2.30. The van der Waals surface area contributed by atoms with Gasteiger partial charge in [-0.15, -0.1) is 0 Å². The zero-order valence-electron chi connectivity index (χ0n) is 9.40. The first-order valence-electron chi connectivity index (χ1n) is 4.93. The van der Waals surface area contributed by atoms with Crippen molar-refractivity contribution in [1.29, 1.82) is 0 Å². The average molecular weight is 245 g/mol. The molecule has 0 aliphatic rings. The molecule has 1 aromatic carbocycles. The van der Waals surface area contributed by atoms with Gasteiger partial charge in [-0.05, 0) is 23.5 Å². The quantitative estimate of drug-likeness (QED) is 0.877. The Morgan fingerprint density at radius 1 is 1.31 bits per heavy atom. The van der Waals surface area contributed by atoms with Crippen LogP contribution in [0.3, 0.4) is 0 Å². The summed E-state index contributed by atoms with van der Waals surface area (Å²) in [6.45, 7) is 3.51. The Morgan fingerprint density at radius 2 is 1.88 bits per heavy atom. The van der Waals surface area contributed by atoms with Crippen LogP contribution in [0, 0.1) is 11.2 Å². The van der Waals surface area contributed by atoms with Crippen LogP contribution in [0.1, 0.15) is 19.4 Å². The number of benzene rings is 1. The van der Waals surface area contributed by atoms with Gasteiger partial charge in [0.25, 0.3) is 0 Å². The number of halogens is 1. The molecule has 0 aliphatic heterocycles. The molecule has 0 fully saturated rings. The number of nitrogens with two attached hydrogens (primary N) is 1. The first-order chi connectivity index (χ1) is 7.20. The molecule has 3 nitrogen and oxygen atoms in total. The summed E-state index contributed by atoms with van der Waals surface area (Å²) in [5.41, 5.74) is -0.0633. The highest BCUT2D eigenvalue weighted by atomic mass is 32.2. The van der Waals surface area contributed by atoms with Crippen LogP contribution in [0.5, 0.6) is 0 Å². The molecule has 0 heterocycles. The molecule has 0 saturated heterocycles.